The fourth-order valence-corrected chi connectivity index (χ4v) is 4.73. The molecule has 1 saturated carbocycles. The van der Waals surface area contributed by atoms with Gasteiger partial charge in [0.1, 0.15) is 6.54 Å². The molecule has 2 aromatic carbocycles. The van der Waals surface area contributed by atoms with Gasteiger partial charge in [-0.1, -0.05) is 79.9 Å². The van der Waals surface area contributed by atoms with Crippen LogP contribution in [0.15, 0.2) is 60.7 Å². The van der Waals surface area contributed by atoms with Gasteiger partial charge in [0.2, 0.25) is 11.8 Å². The van der Waals surface area contributed by atoms with Gasteiger partial charge in [-0.3, -0.25) is 9.59 Å². The highest BCUT2D eigenvalue weighted by atomic mass is 16.2. The van der Waals surface area contributed by atoms with E-state index in [4.69, 9.17) is 0 Å². The number of hydrogen-bond acceptors (Lipinski definition) is 2. The van der Waals surface area contributed by atoms with Crippen molar-refractivity contribution in [2.24, 2.45) is 5.41 Å². The molecule has 2 amide bonds. The number of carbonyl (C=O) groups is 2. The van der Waals surface area contributed by atoms with Crippen LogP contribution in [0.5, 0.6) is 0 Å². The van der Waals surface area contributed by atoms with Crippen LogP contribution in [0.2, 0.25) is 0 Å². The molecule has 140 valence electrons. The SMILES string of the molecule is O=C(CN1C(=O)C2(CCCCC2)C1c1ccccc1)NCc1ccccc1. The highest BCUT2D eigenvalue weighted by Crippen LogP contribution is 2.57. The fraction of sp³-hybridized carbons (Fsp3) is 0.391. The van der Waals surface area contributed by atoms with E-state index in [-0.39, 0.29) is 29.8 Å². The van der Waals surface area contributed by atoms with Crippen molar-refractivity contribution in [3.8, 4) is 0 Å². The second-order valence-electron chi connectivity index (χ2n) is 7.73. The van der Waals surface area contributed by atoms with Crippen LogP contribution in [-0.2, 0) is 16.1 Å². The van der Waals surface area contributed by atoms with Crippen LogP contribution in [0.1, 0.15) is 49.3 Å². The Labute approximate surface area is 160 Å². The maximum Gasteiger partial charge on any atom is 0.239 e. The third kappa shape index (κ3) is 3.36. The van der Waals surface area contributed by atoms with Crippen molar-refractivity contribution in [2.45, 2.75) is 44.7 Å². The Morgan fingerprint density at radius 3 is 2.26 bits per heavy atom. The third-order valence-corrected chi connectivity index (χ3v) is 6.03. The van der Waals surface area contributed by atoms with Crippen molar-refractivity contribution in [3.05, 3.63) is 71.8 Å². The molecule has 1 heterocycles. The lowest BCUT2D eigenvalue weighted by molar-refractivity contribution is -0.180. The van der Waals surface area contributed by atoms with Crippen molar-refractivity contribution in [3.63, 3.8) is 0 Å². The Kier molecular flexibility index (Phi) is 4.97. The molecule has 0 aromatic heterocycles. The lowest BCUT2D eigenvalue weighted by Crippen LogP contribution is -2.65. The number of hydrogen-bond donors (Lipinski definition) is 1. The lowest BCUT2D eigenvalue weighted by atomic mass is 9.60. The molecule has 27 heavy (non-hydrogen) atoms. The van der Waals surface area contributed by atoms with Gasteiger partial charge in [-0.05, 0) is 24.0 Å². The molecule has 4 rings (SSSR count). The molecular weight excluding hydrogens is 336 g/mol. The minimum atomic E-state index is -0.292. The number of likely N-dealkylation sites (tertiary alicyclic amines) is 1. The van der Waals surface area contributed by atoms with Gasteiger partial charge in [-0.2, -0.15) is 0 Å². The first-order valence-corrected chi connectivity index (χ1v) is 9.87. The number of benzene rings is 2. The van der Waals surface area contributed by atoms with Crippen molar-refractivity contribution in [2.75, 3.05) is 6.54 Å². The van der Waals surface area contributed by atoms with Gasteiger partial charge in [-0.25, -0.2) is 0 Å². The molecule has 1 aliphatic heterocycles. The van der Waals surface area contributed by atoms with E-state index in [0.29, 0.717) is 6.54 Å². The zero-order valence-corrected chi connectivity index (χ0v) is 15.6. The summed E-state index contributed by atoms with van der Waals surface area (Å²) in [4.78, 5) is 27.4. The Morgan fingerprint density at radius 2 is 1.59 bits per heavy atom. The summed E-state index contributed by atoms with van der Waals surface area (Å²) in [5.74, 6) is 0.0599. The predicted octanol–water partition coefficient (Wildman–Crippen LogP) is 3.84. The summed E-state index contributed by atoms with van der Waals surface area (Å²) in [6.45, 7) is 0.621. The minimum absolute atomic E-state index is 0.0222. The molecule has 0 radical (unpaired) electrons. The first-order chi connectivity index (χ1) is 13.2. The van der Waals surface area contributed by atoms with Crippen LogP contribution >= 0.6 is 0 Å². The van der Waals surface area contributed by atoms with E-state index in [0.717, 1.165) is 36.8 Å². The first kappa shape index (κ1) is 17.8. The molecule has 1 atom stereocenters. The Balaban J connectivity index is 1.47. The summed E-state index contributed by atoms with van der Waals surface area (Å²) < 4.78 is 0. The van der Waals surface area contributed by atoms with Crippen LogP contribution in [0.25, 0.3) is 0 Å². The van der Waals surface area contributed by atoms with Crippen LogP contribution in [0, 0.1) is 5.41 Å². The van der Waals surface area contributed by atoms with Gasteiger partial charge in [-0.15, -0.1) is 0 Å². The predicted molar refractivity (Wildman–Crippen MR) is 105 cm³/mol. The molecule has 1 N–H and O–H groups in total. The van der Waals surface area contributed by atoms with Crippen molar-refractivity contribution >= 4 is 11.8 Å². The van der Waals surface area contributed by atoms with Gasteiger partial charge in [0.05, 0.1) is 11.5 Å². The Morgan fingerprint density at radius 1 is 0.963 bits per heavy atom. The summed E-state index contributed by atoms with van der Waals surface area (Å²) >= 11 is 0. The van der Waals surface area contributed by atoms with Crippen molar-refractivity contribution in [1.82, 2.24) is 10.2 Å². The van der Waals surface area contributed by atoms with Gasteiger partial charge in [0.25, 0.3) is 0 Å². The van der Waals surface area contributed by atoms with Crippen LogP contribution in [0.3, 0.4) is 0 Å². The molecule has 2 aromatic rings. The lowest BCUT2D eigenvalue weighted by Gasteiger charge is -2.58. The van der Waals surface area contributed by atoms with E-state index in [1.165, 1.54) is 6.42 Å². The van der Waals surface area contributed by atoms with Gasteiger partial charge in [0.15, 0.2) is 0 Å². The fourth-order valence-electron chi connectivity index (χ4n) is 4.73. The quantitative estimate of drug-likeness (QED) is 0.822. The van der Waals surface area contributed by atoms with E-state index < -0.39 is 0 Å². The number of amides is 2. The molecule has 1 spiro atoms. The topological polar surface area (TPSA) is 49.4 Å². The molecule has 4 nitrogen and oxygen atoms in total. The normalized spacial score (nSPS) is 21.0. The average molecular weight is 362 g/mol. The number of rotatable bonds is 5. The minimum Gasteiger partial charge on any atom is -0.350 e. The zero-order chi connectivity index (χ0) is 18.7. The Hall–Kier alpha value is -2.62. The van der Waals surface area contributed by atoms with Gasteiger partial charge >= 0.3 is 0 Å². The Bertz CT molecular complexity index is 798. The molecular formula is C23H26N2O2. The maximum atomic E-state index is 13.1. The zero-order valence-electron chi connectivity index (χ0n) is 15.6. The van der Waals surface area contributed by atoms with Crippen LogP contribution < -0.4 is 5.32 Å². The summed E-state index contributed by atoms with van der Waals surface area (Å²) in [6.07, 6.45) is 5.28. The molecule has 4 heteroatoms. The van der Waals surface area contributed by atoms with E-state index in [1.54, 1.807) is 4.90 Å². The molecule has 2 fully saturated rings. The van der Waals surface area contributed by atoms with E-state index in [9.17, 15) is 9.59 Å². The van der Waals surface area contributed by atoms with E-state index in [1.807, 2.05) is 48.5 Å². The first-order valence-electron chi connectivity index (χ1n) is 9.87. The second kappa shape index (κ2) is 7.55. The summed E-state index contributed by atoms with van der Waals surface area (Å²) in [6, 6.07) is 20.1. The summed E-state index contributed by atoms with van der Waals surface area (Å²) in [5, 5.41) is 2.95. The molecule has 1 saturated heterocycles. The smallest absolute Gasteiger partial charge is 0.239 e. The number of nitrogens with zero attached hydrogens (tertiary/aromatic N) is 1. The summed E-state index contributed by atoms with van der Waals surface area (Å²) in [7, 11) is 0. The molecule has 1 unspecified atom stereocenters. The van der Waals surface area contributed by atoms with Crippen LogP contribution in [0.4, 0.5) is 0 Å². The van der Waals surface area contributed by atoms with Crippen LogP contribution in [-0.4, -0.2) is 23.3 Å². The van der Waals surface area contributed by atoms with Crippen molar-refractivity contribution in [1.29, 1.82) is 0 Å². The molecule has 1 aliphatic carbocycles. The second-order valence-corrected chi connectivity index (χ2v) is 7.73. The third-order valence-electron chi connectivity index (χ3n) is 6.03. The highest BCUT2D eigenvalue weighted by molar-refractivity contribution is 5.94. The average Bonchev–Trinajstić information content (AvgIpc) is 2.74. The maximum absolute atomic E-state index is 13.1. The monoisotopic (exact) mass is 362 g/mol. The number of β-lactam (4-membered cyclic amide) rings is 1. The molecule has 0 bridgehead atoms. The summed E-state index contributed by atoms with van der Waals surface area (Å²) in [5.41, 5.74) is 1.92. The van der Waals surface area contributed by atoms with Crippen molar-refractivity contribution < 1.29 is 9.59 Å². The van der Waals surface area contributed by atoms with Gasteiger partial charge < -0.3 is 10.2 Å². The van der Waals surface area contributed by atoms with E-state index >= 15 is 0 Å². The highest BCUT2D eigenvalue weighted by Gasteiger charge is 2.60. The molecule has 2 aliphatic rings. The largest absolute Gasteiger partial charge is 0.350 e. The van der Waals surface area contributed by atoms with E-state index in [2.05, 4.69) is 17.4 Å². The number of nitrogens with one attached hydrogen (secondary N) is 1. The van der Waals surface area contributed by atoms with Gasteiger partial charge in [0, 0.05) is 6.54 Å². The standard InChI is InChI=1S/C23H26N2O2/c26-20(24-16-18-10-4-1-5-11-18)17-25-21(19-12-6-2-7-13-19)23(22(25)27)14-8-3-9-15-23/h1-2,4-7,10-13,21H,3,8-9,14-17H2,(H,24,26). The number of carbonyl (C=O) groups excluding carboxylic acids is 2.